The van der Waals surface area contributed by atoms with Crippen molar-refractivity contribution in [2.24, 2.45) is 0 Å². The Labute approximate surface area is 118 Å². The average molecular weight is 324 g/mol. The van der Waals surface area contributed by atoms with E-state index in [0.29, 0.717) is 11.3 Å². The molecule has 2 aromatic rings. The third kappa shape index (κ3) is 3.32. The number of hydrogen-bond donors (Lipinski definition) is 1. The number of methoxy groups -OCH3 is 1. The second-order valence-corrected chi connectivity index (χ2v) is 4.72. The van der Waals surface area contributed by atoms with E-state index in [2.05, 4.69) is 21.2 Å². The van der Waals surface area contributed by atoms with Crippen LogP contribution in [-0.2, 0) is 0 Å². The van der Waals surface area contributed by atoms with Crippen molar-refractivity contribution in [2.75, 3.05) is 12.4 Å². The molecule has 1 N–H and O–H groups in total. The first-order valence-electron chi connectivity index (χ1n) is 5.50. The fraction of sp³-hybridized carbons (Fsp3) is 0.0714. The van der Waals surface area contributed by atoms with Gasteiger partial charge >= 0.3 is 0 Å². The average Bonchev–Trinajstić information content (AvgIpc) is 2.40. The predicted octanol–water partition coefficient (Wildman–Crippen LogP) is 3.85. The molecule has 0 fully saturated rings. The van der Waals surface area contributed by atoms with Crippen molar-refractivity contribution < 1.29 is 13.9 Å². The number of halogens is 2. The molecule has 0 radical (unpaired) electrons. The lowest BCUT2D eigenvalue weighted by Crippen LogP contribution is -2.12. The van der Waals surface area contributed by atoms with E-state index in [-0.39, 0.29) is 11.7 Å². The van der Waals surface area contributed by atoms with Crippen LogP contribution in [-0.4, -0.2) is 13.0 Å². The summed E-state index contributed by atoms with van der Waals surface area (Å²) >= 11 is 3.30. The third-order valence-corrected chi connectivity index (χ3v) is 2.99. The van der Waals surface area contributed by atoms with Crippen LogP contribution >= 0.6 is 15.9 Å². The second kappa shape index (κ2) is 5.84. The molecule has 0 heterocycles. The highest BCUT2D eigenvalue weighted by Gasteiger charge is 2.10. The standard InChI is InChI=1S/C14H11BrFNO2/c1-19-13-8-11(16)5-6-12(13)17-14(18)9-3-2-4-10(15)7-9/h2-8H,1H3,(H,17,18). The minimum absolute atomic E-state index is 0.281. The number of ether oxygens (including phenoxy) is 1. The number of benzene rings is 2. The van der Waals surface area contributed by atoms with Crippen molar-refractivity contribution >= 4 is 27.5 Å². The van der Waals surface area contributed by atoms with Crippen LogP contribution < -0.4 is 10.1 Å². The molecule has 0 bridgehead atoms. The Hall–Kier alpha value is -1.88. The molecule has 5 heteroatoms. The normalized spacial score (nSPS) is 10.1. The van der Waals surface area contributed by atoms with E-state index < -0.39 is 5.82 Å². The van der Waals surface area contributed by atoms with E-state index >= 15 is 0 Å². The number of amides is 1. The van der Waals surface area contributed by atoms with Gasteiger partial charge in [-0.05, 0) is 30.3 Å². The molecular weight excluding hydrogens is 313 g/mol. The Balaban J connectivity index is 2.24. The number of nitrogens with one attached hydrogen (secondary N) is 1. The highest BCUT2D eigenvalue weighted by molar-refractivity contribution is 9.10. The topological polar surface area (TPSA) is 38.3 Å². The molecule has 3 nitrogen and oxygen atoms in total. The Bertz CT molecular complexity index is 616. The van der Waals surface area contributed by atoms with Crippen molar-refractivity contribution in [1.82, 2.24) is 0 Å². The van der Waals surface area contributed by atoms with Gasteiger partial charge in [0.05, 0.1) is 12.8 Å². The van der Waals surface area contributed by atoms with E-state index in [9.17, 15) is 9.18 Å². The van der Waals surface area contributed by atoms with Gasteiger partial charge in [0.25, 0.3) is 5.91 Å². The lowest BCUT2D eigenvalue weighted by atomic mass is 10.2. The lowest BCUT2D eigenvalue weighted by Gasteiger charge is -2.10. The van der Waals surface area contributed by atoms with E-state index in [1.165, 1.54) is 25.3 Å². The van der Waals surface area contributed by atoms with Gasteiger partial charge in [-0.25, -0.2) is 4.39 Å². The Morgan fingerprint density at radius 1 is 1.26 bits per heavy atom. The Morgan fingerprint density at radius 3 is 2.74 bits per heavy atom. The molecule has 0 spiro atoms. The van der Waals surface area contributed by atoms with Crippen LogP contribution in [0.4, 0.5) is 10.1 Å². The molecule has 2 rings (SSSR count). The van der Waals surface area contributed by atoms with Gasteiger partial charge < -0.3 is 10.1 Å². The summed E-state index contributed by atoms with van der Waals surface area (Å²) in [5, 5.41) is 2.68. The lowest BCUT2D eigenvalue weighted by molar-refractivity contribution is 0.102. The molecular formula is C14H11BrFNO2. The molecule has 0 aliphatic carbocycles. The van der Waals surface area contributed by atoms with Crippen LogP contribution in [0.2, 0.25) is 0 Å². The first-order valence-corrected chi connectivity index (χ1v) is 6.30. The van der Waals surface area contributed by atoms with Crippen LogP contribution in [0.1, 0.15) is 10.4 Å². The number of anilines is 1. The first-order chi connectivity index (χ1) is 9.10. The summed E-state index contributed by atoms with van der Waals surface area (Å²) in [4.78, 5) is 12.0. The smallest absolute Gasteiger partial charge is 0.255 e. The number of rotatable bonds is 3. The molecule has 0 aromatic heterocycles. The van der Waals surface area contributed by atoms with E-state index in [0.717, 1.165) is 4.47 Å². The summed E-state index contributed by atoms with van der Waals surface area (Å²) in [7, 11) is 1.42. The summed E-state index contributed by atoms with van der Waals surface area (Å²) in [5.41, 5.74) is 0.926. The summed E-state index contributed by atoms with van der Waals surface area (Å²) in [6.45, 7) is 0. The first kappa shape index (κ1) is 13.5. The molecule has 0 saturated heterocycles. The molecule has 0 aliphatic rings. The van der Waals surface area contributed by atoms with Crippen molar-refractivity contribution in [3.05, 3.63) is 58.3 Å². The van der Waals surface area contributed by atoms with Gasteiger partial charge in [0.15, 0.2) is 0 Å². The minimum atomic E-state index is -0.419. The summed E-state index contributed by atoms with van der Waals surface area (Å²) in [6.07, 6.45) is 0. The maximum atomic E-state index is 13.0. The predicted molar refractivity (Wildman–Crippen MR) is 75.0 cm³/mol. The molecule has 2 aromatic carbocycles. The Kier molecular flexibility index (Phi) is 4.16. The molecule has 0 saturated carbocycles. The molecule has 0 unspecified atom stereocenters. The number of carbonyl (C=O) groups excluding carboxylic acids is 1. The molecule has 98 valence electrons. The quantitative estimate of drug-likeness (QED) is 0.931. The molecule has 0 atom stereocenters. The van der Waals surface area contributed by atoms with Crippen LogP contribution in [0.3, 0.4) is 0 Å². The van der Waals surface area contributed by atoms with Gasteiger partial charge in [-0.1, -0.05) is 22.0 Å². The highest BCUT2D eigenvalue weighted by Crippen LogP contribution is 2.25. The van der Waals surface area contributed by atoms with Crippen molar-refractivity contribution in [2.45, 2.75) is 0 Å². The van der Waals surface area contributed by atoms with Crippen LogP contribution in [0.15, 0.2) is 46.9 Å². The van der Waals surface area contributed by atoms with Gasteiger partial charge in [0.1, 0.15) is 11.6 Å². The van der Waals surface area contributed by atoms with Crippen molar-refractivity contribution in [3.8, 4) is 5.75 Å². The van der Waals surface area contributed by atoms with E-state index in [1.54, 1.807) is 18.2 Å². The monoisotopic (exact) mass is 323 g/mol. The zero-order valence-electron chi connectivity index (χ0n) is 10.1. The van der Waals surface area contributed by atoms with Gasteiger partial charge in [-0.3, -0.25) is 4.79 Å². The summed E-state index contributed by atoms with van der Waals surface area (Å²) in [5.74, 6) is -0.424. The molecule has 19 heavy (non-hydrogen) atoms. The van der Waals surface area contributed by atoms with Gasteiger partial charge in [-0.2, -0.15) is 0 Å². The fourth-order valence-electron chi connectivity index (χ4n) is 1.59. The van der Waals surface area contributed by atoms with E-state index in [4.69, 9.17) is 4.74 Å². The SMILES string of the molecule is COc1cc(F)ccc1NC(=O)c1cccc(Br)c1. The summed E-state index contributed by atoms with van der Waals surface area (Å²) in [6, 6.07) is 10.9. The van der Waals surface area contributed by atoms with Crippen LogP contribution in [0.5, 0.6) is 5.75 Å². The zero-order valence-corrected chi connectivity index (χ0v) is 11.7. The van der Waals surface area contributed by atoms with Crippen molar-refractivity contribution in [1.29, 1.82) is 0 Å². The van der Waals surface area contributed by atoms with Gasteiger partial charge in [0.2, 0.25) is 0 Å². The third-order valence-electron chi connectivity index (χ3n) is 2.50. The molecule has 1 amide bonds. The molecule has 0 aliphatic heterocycles. The fourth-order valence-corrected chi connectivity index (χ4v) is 1.99. The zero-order chi connectivity index (χ0) is 13.8. The maximum absolute atomic E-state index is 13.0. The Morgan fingerprint density at radius 2 is 2.05 bits per heavy atom. The van der Waals surface area contributed by atoms with E-state index in [1.807, 2.05) is 6.07 Å². The van der Waals surface area contributed by atoms with Gasteiger partial charge in [0, 0.05) is 16.1 Å². The van der Waals surface area contributed by atoms with Crippen LogP contribution in [0, 0.1) is 5.82 Å². The number of carbonyl (C=O) groups is 1. The van der Waals surface area contributed by atoms with Crippen molar-refractivity contribution in [3.63, 3.8) is 0 Å². The van der Waals surface area contributed by atoms with Gasteiger partial charge in [-0.15, -0.1) is 0 Å². The minimum Gasteiger partial charge on any atom is -0.494 e. The largest absolute Gasteiger partial charge is 0.494 e. The number of hydrogen-bond acceptors (Lipinski definition) is 2. The second-order valence-electron chi connectivity index (χ2n) is 3.81. The summed E-state index contributed by atoms with van der Waals surface area (Å²) < 4.78 is 18.9. The highest BCUT2D eigenvalue weighted by atomic mass is 79.9. The maximum Gasteiger partial charge on any atom is 0.255 e. The van der Waals surface area contributed by atoms with Crippen LogP contribution in [0.25, 0.3) is 0 Å².